The van der Waals surface area contributed by atoms with E-state index in [1.807, 2.05) is 18.3 Å². The summed E-state index contributed by atoms with van der Waals surface area (Å²) in [5.74, 6) is 0.480. The maximum absolute atomic E-state index is 4.24. The molecule has 0 aliphatic rings. The summed E-state index contributed by atoms with van der Waals surface area (Å²) < 4.78 is 0. The molecule has 14 heavy (non-hydrogen) atoms. The molecule has 0 amide bonds. The molecule has 3 nitrogen and oxygen atoms in total. The lowest BCUT2D eigenvalue weighted by Gasteiger charge is -1.96. The van der Waals surface area contributed by atoms with E-state index in [0.717, 1.165) is 17.0 Å². The van der Waals surface area contributed by atoms with E-state index in [-0.39, 0.29) is 0 Å². The van der Waals surface area contributed by atoms with Gasteiger partial charge in [-0.05, 0) is 24.1 Å². The molecule has 2 aromatic rings. The van der Waals surface area contributed by atoms with Crippen molar-refractivity contribution in [3.05, 3.63) is 36.3 Å². The Balaban J connectivity index is 2.34. The van der Waals surface area contributed by atoms with Crippen LogP contribution in [-0.4, -0.2) is 15.2 Å². The Hall–Kier alpha value is -1.64. The van der Waals surface area contributed by atoms with Crippen molar-refractivity contribution in [3.63, 3.8) is 0 Å². The van der Waals surface area contributed by atoms with Gasteiger partial charge in [0.05, 0.1) is 5.69 Å². The molecule has 0 aromatic carbocycles. The second kappa shape index (κ2) is 3.62. The largest absolute Gasteiger partial charge is 0.282 e. The molecule has 72 valence electrons. The predicted octanol–water partition coefficient (Wildman–Crippen LogP) is 2.60. The highest BCUT2D eigenvalue weighted by Crippen LogP contribution is 2.19. The molecule has 2 heterocycles. The Kier molecular flexibility index (Phi) is 2.31. The van der Waals surface area contributed by atoms with Crippen LogP contribution in [0.1, 0.15) is 25.5 Å². The Bertz CT molecular complexity index is 403. The van der Waals surface area contributed by atoms with Gasteiger partial charge < -0.3 is 0 Å². The molecule has 0 saturated heterocycles. The first-order chi connectivity index (χ1) is 6.77. The molecule has 0 aliphatic carbocycles. The third kappa shape index (κ3) is 1.66. The van der Waals surface area contributed by atoms with E-state index in [0.29, 0.717) is 5.92 Å². The number of H-pyrrole nitrogens is 1. The van der Waals surface area contributed by atoms with Crippen molar-refractivity contribution >= 4 is 0 Å². The lowest BCUT2D eigenvalue weighted by molar-refractivity contribution is 0.811. The molecule has 0 fully saturated rings. The van der Waals surface area contributed by atoms with Gasteiger partial charge in [-0.25, -0.2) is 0 Å². The van der Waals surface area contributed by atoms with Gasteiger partial charge in [0.1, 0.15) is 0 Å². The van der Waals surface area contributed by atoms with Gasteiger partial charge in [-0.15, -0.1) is 0 Å². The molecule has 0 saturated carbocycles. The van der Waals surface area contributed by atoms with Crippen LogP contribution in [0.3, 0.4) is 0 Å². The number of rotatable bonds is 2. The van der Waals surface area contributed by atoms with Crippen LogP contribution in [0.2, 0.25) is 0 Å². The Morgan fingerprint density at radius 3 is 2.79 bits per heavy atom. The summed E-state index contributed by atoms with van der Waals surface area (Å²) in [5, 5.41) is 7.27. The Labute approximate surface area is 83.2 Å². The minimum absolute atomic E-state index is 0.480. The van der Waals surface area contributed by atoms with Gasteiger partial charge in [0.25, 0.3) is 0 Å². The van der Waals surface area contributed by atoms with E-state index in [1.165, 1.54) is 0 Å². The molecule has 0 aliphatic heterocycles. The topological polar surface area (TPSA) is 41.6 Å². The SMILES string of the molecule is CC(C)c1cc(-c2cccnc2)n[nH]1. The van der Waals surface area contributed by atoms with E-state index < -0.39 is 0 Å². The summed E-state index contributed by atoms with van der Waals surface area (Å²) in [6.45, 7) is 4.28. The van der Waals surface area contributed by atoms with Gasteiger partial charge in [-0.3, -0.25) is 10.1 Å². The summed E-state index contributed by atoms with van der Waals surface area (Å²) >= 11 is 0. The molecule has 2 aromatic heterocycles. The van der Waals surface area contributed by atoms with Gasteiger partial charge in [0.15, 0.2) is 0 Å². The van der Waals surface area contributed by atoms with Crippen molar-refractivity contribution in [1.29, 1.82) is 0 Å². The van der Waals surface area contributed by atoms with Gasteiger partial charge in [0, 0.05) is 23.7 Å². The molecule has 2 rings (SSSR count). The van der Waals surface area contributed by atoms with Crippen LogP contribution in [0.15, 0.2) is 30.6 Å². The molecular weight excluding hydrogens is 174 g/mol. The standard InChI is InChI=1S/C11H13N3/c1-8(2)10-6-11(14-13-10)9-4-3-5-12-7-9/h3-8H,1-2H3,(H,13,14). The fraction of sp³-hybridized carbons (Fsp3) is 0.273. The predicted molar refractivity (Wildman–Crippen MR) is 55.9 cm³/mol. The van der Waals surface area contributed by atoms with Crippen LogP contribution >= 0.6 is 0 Å². The number of aromatic nitrogens is 3. The summed E-state index contributed by atoms with van der Waals surface area (Å²) in [7, 11) is 0. The zero-order chi connectivity index (χ0) is 9.97. The quantitative estimate of drug-likeness (QED) is 0.785. The highest BCUT2D eigenvalue weighted by Gasteiger charge is 2.05. The molecule has 0 radical (unpaired) electrons. The van der Waals surface area contributed by atoms with Gasteiger partial charge in [0.2, 0.25) is 0 Å². The second-order valence-corrected chi connectivity index (χ2v) is 3.60. The molecule has 0 atom stereocenters. The number of hydrogen-bond acceptors (Lipinski definition) is 2. The average molecular weight is 187 g/mol. The fourth-order valence-electron chi connectivity index (χ4n) is 1.29. The van der Waals surface area contributed by atoms with Gasteiger partial charge in [-0.2, -0.15) is 5.10 Å². The van der Waals surface area contributed by atoms with E-state index in [1.54, 1.807) is 6.20 Å². The smallest absolute Gasteiger partial charge is 0.0939 e. The summed E-state index contributed by atoms with van der Waals surface area (Å²) in [4.78, 5) is 4.06. The minimum Gasteiger partial charge on any atom is -0.282 e. The first kappa shape index (κ1) is 8.94. The second-order valence-electron chi connectivity index (χ2n) is 3.60. The number of hydrogen-bond donors (Lipinski definition) is 1. The Morgan fingerprint density at radius 1 is 1.36 bits per heavy atom. The number of pyridine rings is 1. The molecular formula is C11H13N3. The maximum atomic E-state index is 4.24. The summed E-state index contributed by atoms with van der Waals surface area (Å²) in [6.07, 6.45) is 3.58. The van der Waals surface area contributed by atoms with Crippen molar-refractivity contribution in [2.24, 2.45) is 0 Å². The van der Waals surface area contributed by atoms with Crippen molar-refractivity contribution in [3.8, 4) is 11.3 Å². The molecule has 0 bridgehead atoms. The van der Waals surface area contributed by atoms with Crippen LogP contribution in [-0.2, 0) is 0 Å². The summed E-state index contributed by atoms with van der Waals surface area (Å²) in [6, 6.07) is 5.99. The van der Waals surface area contributed by atoms with Crippen LogP contribution in [0.5, 0.6) is 0 Å². The first-order valence-electron chi connectivity index (χ1n) is 4.73. The van der Waals surface area contributed by atoms with E-state index in [4.69, 9.17) is 0 Å². The van der Waals surface area contributed by atoms with Crippen molar-refractivity contribution in [2.75, 3.05) is 0 Å². The lowest BCUT2D eigenvalue weighted by atomic mass is 10.1. The maximum Gasteiger partial charge on any atom is 0.0939 e. The van der Waals surface area contributed by atoms with Gasteiger partial charge >= 0.3 is 0 Å². The third-order valence-corrected chi connectivity index (χ3v) is 2.18. The minimum atomic E-state index is 0.480. The fourth-order valence-corrected chi connectivity index (χ4v) is 1.29. The lowest BCUT2D eigenvalue weighted by Crippen LogP contribution is -1.85. The normalized spacial score (nSPS) is 10.8. The molecule has 3 heteroatoms. The highest BCUT2D eigenvalue weighted by molar-refractivity contribution is 5.57. The zero-order valence-corrected chi connectivity index (χ0v) is 8.36. The van der Waals surface area contributed by atoms with Crippen LogP contribution in [0, 0.1) is 0 Å². The number of aromatic amines is 1. The van der Waals surface area contributed by atoms with E-state index in [2.05, 4.69) is 35.1 Å². The van der Waals surface area contributed by atoms with Gasteiger partial charge in [-0.1, -0.05) is 13.8 Å². The van der Waals surface area contributed by atoms with Crippen LogP contribution < -0.4 is 0 Å². The highest BCUT2D eigenvalue weighted by atomic mass is 15.1. The van der Waals surface area contributed by atoms with Crippen molar-refractivity contribution in [1.82, 2.24) is 15.2 Å². The molecule has 0 spiro atoms. The molecule has 1 N–H and O–H groups in total. The third-order valence-electron chi connectivity index (χ3n) is 2.18. The number of nitrogens with zero attached hydrogens (tertiary/aromatic N) is 2. The zero-order valence-electron chi connectivity index (χ0n) is 8.36. The van der Waals surface area contributed by atoms with E-state index in [9.17, 15) is 0 Å². The van der Waals surface area contributed by atoms with Crippen molar-refractivity contribution < 1.29 is 0 Å². The molecule has 0 unspecified atom stereocenters. The monoisotopic (exact) mass is 187 g/mol. The Morgan fingerprint density at radius 2 is 2.21 bits per heavy atom. The first-order valence-corrected chi connectivity index (χ1v) is 4.73. The van der Waals surface area contributed by atoms with Crippen LogP contribution in [0.4, 0.5) is 0 Å². The summed E-state index contributed by atoms with van der Waals surface area (Å²) in [5.41, 5.74) is 3.17. The van der Waals surface area contributed by atoms with Crippen LogP contribution in [0.25, 0.3) is 11.3 Å². The van der Waals surface area contributed by atoms with Crippen molar-refractivity contribution in [2.45, 2.75) is 19.8 Å². The number of nitrogens with one attached hydrogen (secondary N) is 1. The van der Waals surface area contributed by atoms with E-state index >= 15 is 0 Å². The average Bonchev–Trinajstić information content (AvgIpc) is 2.68.